The number of nitrogens with zero attached hydrogens (tertiary/aromatic N) is 2. The zero-order chi connectivity index (χ0) is 21.1. The first-order chi connectivity index (χ1) is 14.5. The van der Waals surface area contributed by atoms with Crippen molar-refractivity contribution >= 4 is 23.2 Å². The molecule has 4 aromatic rings. The van der Waals surface area contributed by atoms with Gasteiger partial charge in [0.1, 0.15) is 11.5 Å². The van der Waals surface area contributed by atoms with E-state index < -0.39 is 11.7 Å². The largest absolute Gasteiger partial charge is 0.319 e. The van der Waals surface area contributed by atoms with E-state index in [9.17, 15) is 9.18 Å². The summed E-state index contributed by atoms with van der Waals surface area (Å²) in [5.41, 5.74) is 3.66. The molecule has 0 bridgehead atoms. The lowest BCUT2D eigenvalue weighted by molar-refractivity contribution is 0.102. The van der Waals surface area contributed by atoms with Crippen molar-refractivity contribution in [2.45, 2.75) is 13.5 Å². The lowest BCUT2D eigenvalue weighted by atomic mass is 10.1. The van der Waals surface area contributed by atoms with E-state index in [2.05, 4.69) is 10.4 Å². The maximum atomic E-state index is 14.2. The van der Waals surface area contributed by atoms with E-state index >= 15 is 0 Å². The first-order valence-electron chi connectivity index (χ1n) is 9.44. The zero-order valence-electron chi connectivity index (χ0n) is 16.3. The molecule has 3 aromatic carbocycles. The number of carbonyl (C=O) groups is 1. The van der Waals surface area contributed by atoms with Gasteiger partial charge in [-0.15, -0.1) is 0 Å². The summed E-state index contributed by atoms with van der Waals surface area (Å²) in [6.45, 7) is 2.35. The van der Waals surface area contributed by atoms with Crippen molar-refractivity contribution in [1.29, 1.82) is 0 Å². The van der Waals surface area contributed by atoms with Crippen LogP contribution in [0, 0.1) is 12.7 Å². The summed E-state index contributed by atoms with van der Waals surface area (Å²) in [7, 11) is 0. The van der Waals surface area contributed by atoms with Crippen LogP contribution in [0.15, 0.2) is 79.0 Å². The van der Waals surface area contributed by atoms with Crippen LogP contribution in [0.4, 0.5) is 10.1 Å². The molecule has 0 atom stereocenters. The second-order valence-corrected chi connectivity index (χ2v) is 7.46. The fraction of sp³-hybridized carbons (Fsp3) is 0.0833. The molecular formula is C24H19ClFN3O. The SMILES string of the molecule is Cc1ccc(F)c(NC(=O)c2cn(Cc3ccccc3)nc2-c2ccc(Cl)cc2)c1. The highest BCUT2D eigenvalue weighted by Gasteiger charge is 2.19. The Balaban J connectivity index is 1.71. The van der Waals surface area contributed by atoms with E-state index in [0.717, 1.165) is 16.7 Å². The molecule has 0 aliphatic heterocycles. The van der Waals surface area contributed by atoms with Crippen LogP contribution < -0.4 is 5.32 Å². The number of hydrogen-bond acceptors (Lipinski definition) is 2. The minimum Gasteiger partial charge on any atom is -0.319 e. The van der Waals surface area contributed by atoms with E-state index in [1.54, 1.807) is 35.1 Å². The second kappa shape index (κ2) is 8.51. The number of carbonyl (C=O) groups excluding carboxylic acids is 1. The Kier molecular flexibility index (Phi) is 5.63. The predicted octanol–water partition coefficient (Wildman–Crippen LogP) is 5.95. The molecule has 1 amide bonds. The average Bonchev–Trinajstić information content (AvgIpc) is 3.16. The van der Waals surface area contributed by atoms with Crippen LogP contribution in [0.5, 0.6) is 0 Å². The Morgan fingerprint density at radius 1 is 1.07 bits per heavy atom. The molecule has 4 rings (SSSR count). The molecule has 0 saturated heterocycles. The van der Waals surface area contributed by atoms with Gasteiger partial charge >= 0.3 is 0 Å². The predicted molar refractivity (Wildman–Crippen MR) is 117 cm³/mol. The van der Waals surface area contributed by atoms with E-state index in [1.807, 2.05) is 49.4 Å². The van der Waals surface area contributed by atoms with Crippen molar-refractivity contribution < 1.29 is 9.18 Å². The fourth-order valence-corrected chi connectivity index (χ4v) is 3.31. The van der Waals surface area contributed by atoms with Crippen LogP contribution in [-0.4, -0.2) is 15.7 Å². The van der Waals surface area contributed by atoms with Gasteiger partial charge in [-0.25, -0.2) is 4.39 Å². The minimum atomic E-state index is -0.487. The molecule has 6 heteroatoms. The van der Waals surface area contributed by atoms with Gasteiger partial charge in [-0.2, -0.15) is 5.10 Å². The molecule has 30 heavy (non-hydrogen) atoms. The summed E-state index contributed by atoms with van der Waals surface area (Å²) in [6, 6.07) is 21.5. The first-order valence-corrected chi connectivity index (χ1v) is 9.82. The first kappa shape index (κ1) is 19.9. The van der Waals surface area contributed by atoms with Gasteiger partial charge in [-0.1, -0.05) is 60.1 Å². The summed E-state index contributed by atoms with van der Waals surface area (Å²) >= 11 is 6.01. The highest BCUT2D eigenvalue weighted by Crippen LogP contribution is 2.26. The lowest BCUT2D eigenvalue weighted by Gasteiger charge is -2.07. The molecular weight excluding hydrogens is 401 g/mol. The maximum Gasteiger partial charge on any atom is 0.259 e. The van der Waals surface area contributed by atoms with Gasteiger partial charge in [-0.3, -0.25) is 9.48 Å². The number of anilines is 1. The maximum absolute atomic E-state index is 14.2. The Morgan fingerprint density at radius 2 is 1.80 bits per heavy atom. The van der Waals surface area contributed by atoms with Crippen molar-refractivity contribution in [3.05, 3.63) is 107 Å². The minimum absolute atomic E-state index is 0.137. The molecule has 1 aromatic heterocycles. The van der Waals surface area contributed by atoms with Crippen LogP contribution in [0.2, 0.25) is 5.02 Å². The zero-order valence-corrected chi connectivity index (χ0v) is 17.0. The molecule has 0 aliphatic rings. The molecule has 4 nitrogen and oxygen atoms in total. The van der Waals surface area contributed by atoms with E-state index in [-0.39, 0.29) is 5.69 Å². The van der Waals surface area contributed by atoms with Gasteiger partial charge in [0.05, 0.1) is 17.8 Å². The van der Waals surface area contributed by atoms with Crippen LogP contribution in [0.25, 0.3) is 11.3 Å². The second-order valence-electron chi connectivity index (χ2n) is 7.02. The molecule has 1 N–H and O–H groups in total. The number of hydrogen-bond donors (Lipinski definition) is 1. The number of aryl methyl sites for hydroxylation is 1. The molecule has 150 valence electrons. The highest BCUT2D eigenvalue weighted by atomic mass is 35.5. The van der Waals surface area contributed by atoms with E-state index in [0.29, 0.717) is 22.8 Å². The van der Waals surface area contributed by atoms with Crippen molar-refractivity contribution in [2.24, 2.45) is 0 Å². The summed E-state index contributed by atoms with van der Waals surface area (Å²) in [6.07, 6.45) is 1.68. The molecule has 0 spiro atoms. The summed E-state index contributed by atoms with van der Waals surface area (Å²) in [5.74, 6) is -0.914. The molecule has 0 fully saturated rings. The van der Waals surface area contributed by atoms with Gasteiger partial charge in [0.15, 0.2) is 0 Å². The van der Waals surface area contributed by atoms with Gasteiger partial charge in [0, 0.05) is 16.8 Å². The van der Waals surface area contributed by atoms with Gasteiger partial charge in [0.25, 0.3) is 5.91 Å². The van der Waals surface area contributed by atoms with Crippen LogP contribution in [-0.2, 0) is 6.54 Å². The van der Waals surface area contributed by atoms with Gasteiger partial charge < -0.3 is 5.32 Å². The molecule has 0 unspecified atom stereocenters. The number of rotatable bonds is 5. The summed E-state index contributed by atoms with van der Waals surface area (Å²) < 4.78 is 15.9. The topological polar surface area (TPSA) is 46.9 Å². The lowest BCUT2D eigenvalue weighted by Crippen LogP contribution is -2.13. The monoisotopic (exact) mass is 419 g/mol. The van der Waals surface area contributed by atoms with Crippen LogP contribution in [0.3, 0.4) is 0 Å². The smallest absolute Gasteiger partial charge is 0.259 e. The van der Waals surface area contributed by atoms with Crippen LogP contribution in [0.1, 0.15) is 21.5 Å². The Hall–Kier alpha value is -3.44. The molecule has 0 radical (unpaired) electrons. The Labute approximate surface area is 178 Å². The summed E-state index contributed by atoms with van der Waals surface area (Å²) in [5, 5.41) is 7.89. The van der Waals surface area contributed by atoms with Crippen molar-refractivity contribution in [1.82, 2.24) is 9.78 Å². The number of benzene rings is 3. The van der Waals surface area contributed by atoms with Gasteiger partial charge in [-0.05, 0) is 42.3 Å². The fourth-order valence-electron chi connectivity index (χ4n) is 3.18. The van der Waals surface area contributed by atoms with Crippen molar-refractivity contribution in [3.8, 4) is 11.3 Å². The summed E-state index contributed by atoms with van der Waals surface area (Å²) in [4.78, 5) is 13.0. The third kappa shape index (κ3) is 4.42. The Morgan fingerprint density at radius 3 is 2.53 bits per heavy atom. The van der Waals surface area contributed by atoms with E-state index in [1.165, 1.54) is 6.07 Å². The number of halogens is 2. The number of aromatic nitrogens is 2. The number of amides is 1. The quantitative estimate of drug-likeness (QED) is 0.434. The molecule has 1 heterocycles. The van der Waals surface area contributed by atoms with E-state index in [4.69, 9.17) is 11.6 Å². The van der Waals surface area contributed by atoms with Gasteiger partial charge in [0.2, 0.25) is 0 Å². The van der Waals surface area contributed by atoms with Crippen molar-refractivity contribution in [2.75, 3.05) is 5.32 Å². The number of nitrogens with one attached hydrogen (secondary N) is 1. The molecule has 0 saturated carbocycles. The van der Waals surface area contributed by atoms with Crippen molar-refractivity contribution in [3.63, 3.8) is 0 Å². The third-order valence-corrected chi connectivity index (χ3v) is 4.93. The normalized spacial score (nSPS) is 10.8. The standard InChI is InChI=1S/C24H19ClFN3O/c1-16-7-12-21(26)22(13-16)27-24(30)20-15-29(14-17-5-3-2-4-6-17)28-23(20)18-8-10-19(25)11-9-18/h2-13,15H,14H2,1H3,(H,27,30). The van der Waals surface area contributed by atoms with Crippen LogP contribution >= 0.6 is 11.6 Å². The third-order valence-electron chi connectivity index (χ3n) is 4.68. The average molecular weight is 420 g/mol. The molecule has 0 aliphatic carbocycles. The highest BCUT2D eigenvalue weighted by molar-refractivity contribution is 6.30. The Bertz CT molecular complexity index is 1190.